The van der Waals surface area contributed by atoms with Crippen LogP contribution in [0.4, 0.5) is 5.69 Å². The zero-order valence-electron chi connectivity index (χ0n) is 18.3. The number of halogens is 1. The molecule has 0 aliphatic carbocycles. The first-order chi connectivity index (χ1) is 16.6. The number of hydrogen-bond donors (Lipinski definition) is 1. The number of benzene rings is 3. The van der Waals surface area contributed by atoms with Crippen LogP contribution in [0.3, 0.4) is 0 Å². The van der Waals surface area contributed by atoms with Gasteiger partial charge < -0.3 is 14.8 Å². The van der Waals surface area contributed by atoms with Gasteiger partial charge in [-0.1, -0.05) is 53.7 Å². The van der Waals surface area contributed by atoms with Gasteiger partial charge in [0.05, 0.1) is 21.4 Å². The molecule has 4 aromatic rings. The van der Waals surface area contributed by atoms with Gasteiger partial charge in [-0.25, -0.2) is 4.98 Å². The van der Waals surface area contributed by atoms with Crippen molar-refractivity contribution >= 4 is 56.4 Å². The van der Waals surface area contributed by atoms with E-state index in [1.807, 2.05) is 43.3 Å². The molecule has 0 bridgehead atoms. The average molecular weight is 509 g/mol. The lowest BCUT2D eigenvalue weighted by atomic mass is 10.00. The third-order valence-electron chi connectivity index (χ3n) is 5.22. The molecule has 0 spiro atoms. The molecule has 2 heterocycles. The molecule has 0 radical (unpaired) electrons. The molecule has 1 aromatic heterocycles. The summed E-state index contributed by atoms with van der Waals surface area (Å²) in [6.45, 7) is 2.27. The topological polar surface area (TPSA) is 60.5 Å². The zero-order chi connectivity index (χ0) is 23.5. The van der Waals surface area contributed by atoms with E-state index in [1.54, 1.807) is 47.5 Å². The van der Waals surface area contributed by atoms with E-state index in [4.69, 9.17) is 26.1 Å². The van der Waals surface area contributed by atoms with E-state index in [2.05, 4.69) is 17.4 Å². The number of ether oxygens (including phenoxy) is 2. The van der Waals surface area contributed by atoms with Gasteiger partial charge in [-0.2, -0.15) is 0 Å². The van der Waals surface area contributed by atoms with Crippen LogP contribution in [0, 0.1) is 0 Å². The van der Waals surface area contributed by atoms with Gasteiger partial charge in [-0.05, 0) is 48.9 Å². The van der Waals surface area contributed by atoms with Crippen LogP contribution in [0.1, 0.15) is 22.8 Å². The summed E-state index contributed by atoms with van der Waals surface area (Å²) in [5.74, 6) is 1.18. The fourth-order valence-electron chi connectivity index (χ4n) is 3.57. The molecule has 8 heteroatoms. The minimum Gasteiger partial charge on any atom is -0.460 e. The number of thioether (sulfide) groups is 1. The molecule has 34 heavy (non-hydrogen) atoms. The Morgan fingerprint density at radius 1 is 1.18 bits per heavy atom. The van der Waals surface area contributed by atoms with Gasteiger partial charge >= 0.3 is 0 Å². The highest BCUT2D eigenvalue weighted by atomic mass is 35.5. The number of nitrogens with one attached hydrogen (secondary N) is 1. The highest BCUT2D eigenvalue weighted by molar-refractivity contribution is 8.00. The summed E-state index contributed by atoms with van der Waals surface area (Å²) in [6.07, 6.45) is 0.867. The van der Waals surface area contributed by atoms with Crippen molar-refractivity contribution in [1.82, 2.24) is 4.98 Å². The van der Waals surface area contributed by atoms with Crippen LogP contribution >= 0.6 is 34.7 Å². The van der Waals surface area contributed by atoms with Crippen molar-refractivity contribution in [2.24, 2.45) is 0 Å². The van der Waals surface area contributed by atoms with Gasteiger partial charge in [-0.15, -0.1) is 11.3 Å². The molecular weight excluding hydrogens is 488 g/mol. The van der Waals surface area contributed by atoms with Crippen LogP contribution in [-0.2, 0) is 10.5 Å². The Balaban J connectivity index is 1.35. The summed E-state index contributed by atoms with van der Waals surface area (Å²) in [5, 5.41) is 3.72. The molecule has 0 unspecified atom stereocenters. The lowest BCUT2D eigenvalue weighted by Gasteiger charge is -2.27. The first-order valence-corrected chi connectivity index (χ1v) is 12.9. The van der Waals surface area contributed by atoms with Crippen LogP contribution in [0.15, 0.2) is 82.8 Å². The van der Waals surface area contributed by atoms with Gasteiger partial charge in [0.2, 0.25) is 12.1 Å². The average Bonchev–Trinajstić information content (AvgIpc) is 3.26. The number of thiazole rings is 1. The van der Waals surface area contributed by atoms with Gasteiger partial charge in [0.25, 0.3) is 0 Å². The van der Waals surface area contributed by atoms with E-state index in [9.17, 15) is 4.79 Å². The van der Waals surface area contributed by atoms with E-state index >= 15 is 0 Å². The van der Waals surface area contributed by atoms with Crippen molar-refractivity contribution in [3.63, 3.8) is 0 Å². The minimum absolute atomic E-state index is 0.173. The molecule has 0 saturated heterocycles. The van der Waals surface area contributed by atoms with E-state index in [0.717, 1.165) is 26.0 Å². The third kappa shape index (κ3) is 4.98. The molecule has 0 fully saturated rings. The standard InChI is InChI=1S/C26H21ClN2O3S2/c1-2-31-25-20(24(30)19-12-17(27)8-11-22(19)32-25)14-28-18-9-10-21-23(13-18)34-26(29-21)33-15-16-6-4-3-5-7-16/h3-14,25,28H,2,15H2,1H3/b20-14-/t25-/m1/s1. The molecule has 5 rings (SSSR count). The summed E-state index contributed by atoms with van der Waals surface area (Å²) in [4.78, 5) is 17.9. The molecule has 1 aliphatic heterocycles. The Labute approximate surface area is 210 Å². The van der Waals surface area contributed by atoms with Gasteiger partial charge in [-0.3, -0.25) is 4.79 Å². The van der Waals surface area contributed by atoms with Crippen molar-refractivity contribution < 1.29 is 14.3 Å². The number of Topliss-reactive ketones (excluding diaryl/α,β-unsaturated/α-hetero) is 1. The maximum absolute atomic E-state index is 13.1. The normalized spacial score (nSPS) is 16.5. The predicted molar refractivity (Wildman–Crippen MR) is 139 cm³/mol. The highest BCUT2D eigenvalue weighted by Crippen LogP contribution is 2.35. The maximum Gasteiger partial charge on any atom is 0.232 e. The van der Waals surface area contributed by atoms with Crippen molar-refractivity contribution in [2.75, 3.05) is 11.9 Å². The lowest BCUT2D eigenvalue weighted by molar-refractivity contribution is -0.0509. The predicted octanol–water partition coefficient (Wildman–Crippen LogP) is 7.18. The summed E-state index contributed by atoms with van der Waals surface area (Å²) in [6, 6.07) is 21.3. The van der Waals surface area contributed by atoms with Crippen molar-refractivity contribution in [3.05, 3.63) is 94.7 Å². The number of hydrogen-bond acceptors (Lipinski definition) is 7. The number of rotatable bonds is 7. The molecule has 5 nitrogen and oxygen atoms in total. The molecule has 172 valence electrons. The summed E-state index contributed by atoms with van der Waals surface area (Å²) in [7, 11) is 0. The summed E-state index contributed by atoms with van der Waals surface area (Å²) >= 11 is 9.48. The van der Waals surface area contributed by atoms with Crippen LogP contribution < -0.4 is 10.1 Å². The second-order valence-corrected chi connectivity index (χ2v) is 10.2. The number of fused-ring (bicyclic) bond motifs is 2. The van der Waals surface area contributed by atoms with Crippen LogP contribution in [0.5, 0.6) is 5.75 Å². The van der Waals surface area contributed by atoms with Gasteiger partial charge in [0.15, 0.2) is 4.34 Å². The Hall–Kier alpha value is -2.84. The molecule has 3 aromatic carbocycles. The van der Waals surface area contributed by atoms with Gasteiger partial charge in [0.1, 0.15) is 5.75 Å². The van der Waals surface area contributed by atoms with E-state index in [1.165, 1.54) is 5.56 Å². The van der Waals surface area contributed by atoms with E-state index in [-0.39, 0.29) is 5.78 Å². The number of nitrogens with zero attached hydrogens (tertiary/aromatic N) is 1. The molecule has 1 aliphatic rings. The Morgan fingerprint density at radius 2 is 2.03 bits per heavy atom. The van der Waals surface area contributed by atoms with Crippen LogP contribution in [0.25, 0.3) is 10.2 Å². The number of carbonyl (C=O) groups excluding carboxylic acids is 1. The fraction of sp³-hybridized carbons (Fsp3) is 0.154. The summed E-state index contributed by atoms with van der Waals surface area (Å²) < 4.78 is 13.7. The molecule has 1 atom stereocenters. The molecule has 0 amide bonds. The molecular formula is C26H21ClN2O3S2. The Bertz CT molecular complexity index is 1370. The minimum atomic E-state index is -0.785. The Kier molecular flexibility index (Phi) is 6.87. The molecule has 1 N–H and O–H groups in total. The second-order valence-electron chi connectivity index (χ2n) is 7.56. The quantitative estimate of drug-likeness (QED) is 0.211. The van der Waals surface area contributed by atoms with Crippen LogP contribution in [-0.4, -0.2) is 23.7 Å². The number of aromatic nitrogens is 1. The SMILES string of the molecule is CCO[C@@H]1Oc2ccc(Cl)cc2C(=O)/C1=C/Nc1ccc2nc(SCc3ccccc3)sc2c1. The number of carbonyl (C=O) groups is 1. The molecule has 0 saturated carbocycles. The van der Waals surface area contributed by atoms with Crippen molar-refractivity contribution in [2.45, 2.75) is 23.3 Å². The zero-order valence-corrected chi connectivity index (χ0v) is 20.7. The summed E-state index contributed by atoms with van der Waals surface area (Å²) in [5.41, 5.74) is 3.89. The fourth-order valence-corrected chi connectivity index (χ4v) is 5.80. The van der Waals surface area contributed by atoms with Crippen molar-refractivity contribution in [1.29, 1.82) is 0 Å². The second kappa shape index (κ2) is 10.2. The van der Waals surface area contributed by atoms with E-state index in [0.29, 0.717) is 28.5 Å². The first-order valence-electron chi connectivity index (χ1n) is 10.8. The highest BCUT2D eigenvalue weighted by Gasteiger charge is 2.32. The van der Waals surface area contributed by atoms with Gasteiger partial charge in [0, 0.05) is 29.3 Å². The monoisotopic (exact) mass is 508 g/mol. The van der Waals surface area contributed by atoms with Crippen LogP contribution in [0.2, 0.25) is 5.02 Å². The lowest BCUT2D eigenvalue weighted by Crippen LogP contribution is -2.33. The largest absolute Gasteiger partial charge is 0.460 e. The smallest absolute Gasteiger partial charge is 0.232 e. The Morgan fingerprint density at radius 3 is 2.85 bits per heavy atom. The number of anilines is 1. The van der Waals surface area contributed by atoms with Crippen molar-refractivity contribution in [3.8, 4) is 5.75 Å². The van der Waals surface area contributed by atoms with E-state index < -0.39 is 6.29 Å². The number of ketones is 1. The first kappa shape index (κ1) is 22.9. The maximum atomic E-state index is 13.1. The third-order valence-corrected chi connectivity index (χ3v) is 7.69.